The van der Waals surface area contributed by atoms with E-state index < -0.39 is 0 Å². The van der Waals surface area contributed by atoms with Crippen molar-refractivity contribution in [3.05, 3.63) is 23.3 Å². The SMILES string of the molecule is CC1=C[C@@H](Br)[C@H](N)[C@H](C)C1.CC1=C[C@@H](C)[C@H](N)[C@H](C)C1. The average molecular weight is 343 g/mol. The number of hydrogen-bond donors (Lipinski definition) is 2. The smallest absolute Gasteiger partial charge is 0.0482 e. The Bertz CT molecular complexity index is 339. The Balaban J connectivity index is 0.000000200. The highest BCUT2D eigenvalue weighted by atomic mass is 79.9. The molecule has 0 aliphatic heterocycles. The zero-order valence-corrected chi connectivity index (χ0v) is 15.2. The van der Waals surface area contributed by atoms with Crippen LogP contribution < -0.4 is 11.5 Å². The fourth-order valence-corrected chi connectivity index (χ4v) is 4.17. The van der Waals surface area contributed by atoms with Crippen LogP contribution in [0.5, 0.6) is 0 Å². The first-order chi connectivity index (χ1) is 9.22. The predicted molar refractivity (Wildman–Crippen MR) is 92.9 cm³/mol. The molecule has 0 aromatic heterocycles. The Kier molecular flexibility index (Phi) is 6.96. The predicted octanol–water partition coefficient (Wildman–Crippen LogP) is 4.00. The molecule has 0 fully saturated rings. The highest BCUT2D eigenvalue weighted by Crippen LogP contribution is 2.27. The molecule has 0 bridgehead atoms. The van der Waals surface area contributed by atoms with E-state index in [9.17, 15) is 0 Å². The Morgan fingerprint density at radius 2 is 1.35 bits per heavy atom. The van der Waals surface area contributed by atoms with Crippen LogP contribution in [0.3, 0.4) is 0 Å². The van der Waals surface area contributed by atoms with Gasteiger partial charge < -0.3 is 11.5 Å². The highest BCUT2D eigenvalue weighted by molar-refractivity contribution is 9.09. The lowest BCUT2D eigenvalue weighted by Crippen LogP contribution is -2.38. The molecule has 0 spiro atoms. The van der Waals surface area contributed by atoms with Crippen molar-refractivity contribution in [3.63, 3.8) is 0 Å². The van der Waals surface area contributed by atoms with Crippen molar-refractivity contribution in [2.24, 2.45) is 29.2 Å². The molecular weight excluding hydrogens is 312 g/mol. The molecule has 116 valence electrons. The summed E-state index contributed by atoms with van der Waals surface area (Å²) in [5.41, 5.74) is 14.8. The molecule has 20 heavy (non-hydrogen) atoms. The monoisotopic (exact) mass is 342 g/mol. The number of rotatable bonds is 0. The van der Waals surface area contributed by atoms with Gasteiger partial charge in [-0.3, -0.25) is 0 Å². The first-order valence-corrected chi connectivity index (χ1v) is 8.63. The van der Waals surface area contributed by atoms with Crippen molar-refractivity contribution in [3.8, 4) is 0 Å². The molecule has 0 unspecified atom stereocenters. The molecule has 0 aromatic carbocycles. The summed E-state index contributed by atoms with van der Waals surface area (Å²) in [6.45, 7) is 11.0. The first kappa shape index (κ1) is 17.9. The lowest BCUT2D eigenvalue weighted by molar-refractivity contribution is 0.363. The molecule has 0 heterocycles. The molecule has 2 rings (SSSR count). The molecule has 0 aromatic rings. The van der Waals surface area contributed by atoms with Crippen LogP contribution in [0.2, 0.25) is 0 Å². The van der Waals surface area contributed by atoms with Crippen LogP contribution in [-0.4, -0.2) is 16.9 Å². The van der Waals surface area contributed by atoms with Crippen LogP contribution >= 0.6 is 15.9 Å². The Hall–Kier alpha value is -0.120. The van der Waals surface area contributed by atoms with E-state index in [4.69, 9.17) is 11.5 Å². The lowest BCUT2D eigenvalue weighted by atomic mass is 9.81. The van der Waals surface area contributed by atoms with Gasteiger partial charge in [0.2, 0.25) is 0 Å². The third-order valence-corrected chi connectivity index (χ3v) is 5.44. The summed E-state index contributed by atoms with van der Waals surface area (Å²) in [5.74, 6) is 1.86. The maximum Gasteiger partial charge on any atom is 0.0482 e. The number of alkyl halides is 1. The van der Waals surface area contributed by atoms with Crippen LogP contribution in [0, 0.1) is 17.8 Å². The number of halogens is 1. The minimum atomic E-state index is 0.295. The molecule has 2 aliphatic carbocycles. The van der Waals surface area contributed by atoms with Crippen LogP contribution in [0.1, 0.15) is 47.5 Å². The van der Waals surface area contributed by atoms with Crippen LogP contribution in [0.4, 0.5) is 0 Å². The third-order valence-electron chi connectivity index (χ3n) is 4.57. The quantitative estimate of drug-likeness (QED) is 0.516. The Morgan fingerprint density at radius 3 is 1.80 bits per heavy atom. The van der Waals surface area contributed by atoms with Crippen molar-refractivity contribution >= 4 is 15.9 Å². The van der Waals surface area contributed by atoms with Gasteiger partial charge in [0.1, 0.15) is 0 Å². The van der Waals surface area contributed by atoms with E-state index in [2.05, 4.69) is 62.7 Å². The van der Waals surface area contributed by atoms with Gasteiger partial charge in [-0.25, -0.2) is 0 Å². The molecule has 6 atom stereocenters. The number of nitrogens with two attached hydrogens (primary N) is 2. The minimum Gasteiger partial charge on any atom is -0.327 e. The van der Waals surface area contributed by atoms with Gasteiger partial charge in [-0.15, -0.1) is 0 Å². The van der Waals surface area contributed by atoms with E-state index in [-0.39, 0.29) is 0 Å². The van der Waals surface area contributed by atoms with E-state index in [1.54, 1.807) is 0 Å². The van der Waals surface area contributed by atoms with E-state index in [0.717, 1.165) is 6.42 Å². The van der Waals surface area contributed by atoms with Gasteiger partial charge in [-0.05, 0) is 44.4 Å². The van der Waals surface area contributed by atoms with E-state index >= 15 is 0 Å². The molecule has 0 amide bonds. The van der Waals surface area contributed by atoms with Gasteiger partial charge in [0.15, 0.2) is 0 Å². The van der Waals surface area contributed by atoms with Gasteiger partial charge in [-0.1, -0.05) is 60.0 Å². The van der Waals surface area contributed by atoms with Crippen LogP contribution in [0.25, 0.3) is 0 Å². The second-order valence-corrected chi connectivity index (χ2v) is 7.90. The van der Waals surface area contributed by atoms with Gasteiger partial charge in [-0.2, -0.15) is 0 Å². The second kappa shape index (κ2) is 7.77. The molecule has 0 saturated heterocycles. The number of hydrogen-bond acceptors (Lipinski definition) is 2. The zero-order valence-electron chi connectivity index (χ0n) is 13.6. The largest absolute Gasteiger partial charge is 0.327 e. The van der Waals surface area contributed by atoms with E-state index in [0.29, 0.717) is 34.7 Å². The van der Waals surface area contributed by atoms with Crippen LogP contribution in [0.15, 0.2) is 23.3 Å². The average Bonchev–Trinajstić information content (AvgIpc) is 2.33. The number of allylic oxidation sites excluding steroid dienone is 2. The van der Waals surface area contributed by atoms with Gasteiger partial charge >= 0.3 is 0 Å². The third kappa shape index (κ3) is 5.01. The standard InChI is InChI=1S/C9H17N.C8H14BrN/c1-6-4-7(2)9(10)8(3)5-6;1-5-3-6(2)8(10)7(9)4-5/h4,7-9H,5,10H2,1-3H3;4,6-8H,3,10H2,1-2H3/t7-,8-,9+;6-,7-,8-/m11/s1. The lowest BCUT2D eigenvalue weighted by Gasteiger charge is -2.29. The summed E-state index contributed by atoms with van der Waals surface area (Å²) >= 11 is 3.53. The minimum absolute atomic E-state index is 0.295. The van der Waals surface area contributed by atoms with Crippen molar-refractivity contribution in [1.29, 1.82) is 0 Å². The molecule has 2 nitrogen and oxygen atoms in total. The van der Waals surface area contributed by atoms with E-state index in [1.165, 1.54) is 17.6 Å². The Morgan fingerprint density at radius 1 is 0.900 bits per heavy atom. The topological polar surface area (TPSA) is 52.0 Å². The van der Waals surface area contributed by atoms with Crippen LogP contribution in [-0.2, 0) is 0 Å². The van der Waals surface area contributed by atoms with E-state index in [1.807, 2.05) is 0 Å². The van der Waals surface area contributed by atoms with Gasteiger partial charge in [0.25, 0.3) is 0 Å². The van der Waals surface area contributed by atoms with Crippen molar-refractivity contribution < 1.29 is 0 Å². The molecule has 0 radical (unpaired) electrons. The summed E-state index contributed by atoms with van der Waals surface area (Å²) in [6.07, 6.45) is 6.85. The maximum absolute atomic E-state index is 5.94. The second-order valence-electron chi connectivity index (χ2n) is 6.85. The zero-order chi connectivity index (χ0) is 15.4. The summed E-state index contributed by atoms with van der Waals surface area (Å²) in [7, 11) is 0. The van der Waals surface area contributed by atoms with Gasteiger partial charge in [0, 0.05) is 16.9 Å². The summed E-state index contributed by atoms with van der Waals surface area (Å²) in [4.78, 5) is 0.385. The Labute approximate surface area is 133 Å². The molecule has 4 N–H and O–H groups in total. The first-order valence-electron chi connectivity index (χ1n) is 7.72. The van der Waals surface area contributed by atoms with Gasteiger partial charge in [0.05, 0.1) is 0 Å². The summed E-state index contributed by atoms with van der Waals surface area (Å²) < 4.78 is 0. The molecular formula is C17H31BrN2. The fourth-order valence-electron chi connectivity index (χ4n) is 3.20. The maximum atomic E-state index is 5.94. The van der Waals surface area contributed by atoms with Crippen molar-refractivity contribution in [1.82, 2.24) is 0 Å². The highest BCUT2D eigenvalue weighted by Gasteiger charge is 2.24. The van der Waals surface area contributed by atoms with Crippen molar-refractivity contribution in [2.45, 2.75) is 64.4 Å². The summed E-state index contributed by atoms with van der Waals surface area (Å²) in [6, 6.07) is 0.674. The summed E-state index contributed by atoms with van der Waals surface area (Å²) in [5, 5.41) is 0. The molecule has 3 heteroatoms. The molecule has 2 aliphatic rings. The van der Waals surface area contributed by atoms with Crippen molar-refractivity contribution in [2.75, 3.05) is 0 Å². The fraction of sp³-hybridized carbons (Fsp3) is 0.765. The molecule has 0 saturated carbocycles. The normalized spacial score (nSPS) is 41.2.